The molecule has 0 aliphatic carbocycles. The first-order chi connectivity index (χ1) is 19.6. The van der Waals surface area contributed by atoms with Crippen LogP contribution < -0.4 is 5.32 Å². The first-order valence-corrected chi connectivity index (χ1v) is 13.9. The van der Waals surface area contributed by atoms with Crippen molar-refractivity contribution in [2.75, 3.05) is 45.1 Å². The summed E-state index contributed by atoms with van der Waals surface area (Å²) in [5, 5.41) is 7.74. The number of likely N-dealkylation sites (N-methyl/N-ethyl adjacent to an activating group) is 1. The van der Waals surface area contributed by atoms with Crippen molar-refractivity contribution in [2.45, 2.75) is 37.9 Å². The van der Waals surface area contributed by atoms with Crippen LogP contribution in [0, 0.1) is 5.92 Å². The number of anilines is 2. The molecule has 216 valence electrons. The molecule has 3 aliphatic heterocycles. The van der Waals surface area contributed by atoms with Crippen LogP contribution in [0.5, 0.6) is 0 Å². The number of carbonyl (C=O) groups excluding carboxylic acids is 2. The van der Waals surface area contributed by atoms with E-state index in [4.69, 9.17) is 0 Å². The van der Waals surface area contributed by atoms with Crippen LogP contribution in [-0.2, 0) is 4.79 Å². The molecule has 0 saturated carbocycles. The lowest BCUT2D eigenvalue weighted by Gasteiger charge is -2.27. The highest BCUT2D eigenvalue weighted by Gasteiger charge is 2.41. The number of pyridine rings is 1. The SMILES string of the molecule is CN1CCC2CN(C(=O)c3ccc(Nc4nc5c(C6=CCN(C(=O)CCC(F)(F)F)CC6)cccn5n4)cc3)CC21. The van der Waals surface area contributed by atoms with Crippen LogP contribution in [-0.4, -0.2) is 93.1 Å². The molecule has 9 nitrogen and oxygen atoms in total. The van der Waals surface area contributed by atoms with E-state index in [1.807, 2.05) is 47.4 Å². The van der Waals surface area contributed by atoms with Gasteiger partial charge in [0.15, 0.2) is 5.65 Å². The van der Waals surface area contributed by atoms with E-state index in [0.29, 0.717) is 42.1 Å². The number of fused-ring (bicyclic) bond motifs is 2. The summed E-state index contributed by atoms with van der Waals surface area (Å²) in [4.78, 5) is 35.7. The fourth-order valence-electron chi connectivity index (χ4n) is 6.10. The van der Waals surface area contributed by atoms with E-state index in [1.165, 1.54) is 4.90 Å². The van der Waals surface area contributed by atoms with Crippen LogP contribution in [0.2, 0.25) is 0 Å². The third-order valence-corrected chi connectivity index (χ3v) is 8.39. The number of nitrogens with one attached hydrogen (secondary N) is 1. The molecule has 0 radical (unpaired) electrons. The summed E-state index contributed by atoms with van der Waals surface area (Å²) in [6, 6.07) is 11.6. The van der Waals surface area contributed by atoms with Gasteiger partial charge in [0.05, 0.1) is 6.42 Å². The minimum atomic E-state index is -4.34. The van der Waals surface area contributed by atoms with Gasteiger partial charge in [-0.1, -0.05) is 6.08 Å². The number of hydrogen-bond donors (Lipinski definition) is 1. The minimum Gasteiger partial charge on any atom is -0.339 e. The van der Waals surface area contributed by atoms with Crippen LogP contribution in [0.15, 0.2) is 48.7 Å². The number of rotatable bonds is 6. The second-order valence-corrected chi connectivity index (χ2v) is 11.1. The zero-order chi connectivity index (χ0) is 28.7. The van der Waals surface area contributed by atoms with Crippen molar-refractivity contribution in [3.63, 3.8) is 0 Å². The van der Waals surface area contributed by atoms with E-state index in [9.17, 15) is 22.8 Å². The van der Waals surface area contributed by atoms with E-state index < -0.39 is 24.9 Å². The largest absolute Gasteiger partial charge is 0.389 e. The molecular formula is C29H32F3N7O2. The summed E-state index contributed by atoms with van der Waals surface area (Å²) in [5.41, 5.74) is 3.86. The summed E-state index contributed by atoms with van der Waals surface area (Å²) in [6.07, 6.45) is -0.673. The van der Waals surface area contributed by atoms with Gasteiger partial charge in [-0.15, -0.1) is 5.10 Å². The Morgan fingerprint density at radius 2 is 1.88 bits per heavy atom. The molecule has 0 spiro atoms. The Kier molecular flexibility index (Phi) is 7.18. The molecule has 41 heavy (non-hydrogen) atoms. The average molecular weight is 568 g/mol. The third-order valence-electron chi connectivity index (χ3n) is 8.39. The standard InChI is InChI=1S/C29H32F3N7O2/c1-36-14-9-21-17-38(18-24(21)36)27(41)20-4-6-22(7-5-20)33-28-34-26-23(3-2-13-39(26)35-28)19-10-15-37(16-11-19)25(40)8-12-29(30,31)32/h2-7,10,13,21,24H,8-9,11-12,14-18H2,1H3,(H,33,35). The molecule has 2 unspecified atom stereocenters. The Balaban J connectivity index is 1.10. The van der Waals surface area contributed by atoms with Gasteiger partial charge in [0.1, 0.15) is 0 Å². The zero-order valence-electron chi connectivity index (χ0n) is 22.8. The Hall–Kier alpha value is -3.93. The summed E-state index contributed by atoms with van der Waals surface area (Å²) in [5.74, 6) is 0.515. The van der Waals surface area contributed by atoms with Crippen molar-refractivity contribution >= 4 is 34.7 Å². The quantitative estimate of drug-likeness (QED) is 0.481. The average Bonchev–Trinajstić information content (AvgIpc) is 3.67. The Labute approximate surface area is 235 Å². The maximum Gasteiger partial charge on any atom is 0.389 e. The molecule has 2 saturated heterocycles. The number of likely N-dealkylation sites (tertiary alicyclic amines) is 2. The van der Waals surface area contributed by atoms with Gasteiger partial charge in [-0.25, -0.2) is 4.52 Å². The number of carbonyl (C=O) groups is 2. The van der Waals surface area contributed by atoms with Gasteiger partial charge in [0.2, 0.25) is 11.9 Å². The molecule has 2 aromatic heterocycles. The monoisotopic (exact) mass is 567 g/mol. The number of hydrogen-bond acceptors (Lipinski definition) is 6. The second-order valence-electron chi connectivity index (χ2n) is 11.1. The number of alkyl halides is 3. The number of benzene rings is 1. The van der Waals surface area contributed by atoms with Gasteiger partial charge in [0.25, 0.3) is 5.91 Å². The maximum absolute atomic E-state index is 13.1. The van der Waals surface area contributed by atoms with Crippen molar-refractivity contribution in [1.82, 2.24) is 29.3 Å². The lowest BCUT2D eigenvalue weighted by atomic mass is 10.00. The Morgan fingerprint density at radius 1 is 1.07 bits per heavy atom. The highest BCUT2D eigenvalue weighted by Crippen LogP contribution is 2.31. The molecule has 2 atom stereocenters. The molecule has 1 N–H and O–H groups in total. The molecule has 3 aliphatic rings. The van der Waals surface area contributed by atoms with Crippen molar-refractivity contribution < 1.29 is 22.8 Å². The molecule has 2 fully saturated rings. The molecule has 12 heteroatoms. The Morgan fingerprint density at radius 3 is 2.59 bits per heavy atom. The molecule has 0 bridgehead atoms. The first-order valence-electron chi connectivity index (χ1n) is 13.9. The van der Waals surface area contributed by atoms with E-state index in [-0.39, 0.29) is 12.5 Å². The van der Waals surface area contributed by atoms with E-state index >= 15 is 0 Å². The van der Waals surface area contributed by atoms with Crippen molar-refractivity contribution in [3.8, 4) is 0 Å². The van der Waals surface area contributed by atoms with Crippen LogP contribution in [0.3, 0.4) is 0 Å². The molecule has 3 aromatic rings. The third kappa shape index (κ3) is 5.79. The molecule has 1 aromatic carbocycles. The molecule has 5 heterocycles. The van der Waals surface area contributed by atoms with Crippen molar-refractivity contribution in [3.05, 3.63) is 59.8 Å². The van der Waals surface area contributed by atoms with Gasteiger partial charge in [-0.05, 0) is 74.3 Å². The number of aromatic nitrogens is 3. The maximum atomic E-state index is 13.1. The smallest absolute Gasteiger partial charge is 0.339 e. The first kappa shape index (κ1) is 27.3. The summed E-state index contributed by atoms with van der Waals surface area (Å²) in [7, 11) is 2.13. The van der Waals surface area contributed by atoms with Gasteiger partial charge in [-0.3, -0.25) is 9.59 Å². The van der Waals surface area contributed by atoms with Crippen LogP contribution in [0.25, 0.3) is 11.2 Å². The van der Waals surface area contributed by atoms with Gasteiger partial charge < -0.3 is 20.0 Å². The summed E-state index contributed by atoms with van der Waals surface area (Å²) >= 11 is 0. The van der Waals surface area contributed by atoms with Crippen molar-refractivity contribution in [2.24, 2.45) is 5.92 Å². The van der Waals surface area contributed by atoms with E-state index in [0.717, 1.165) is 42.9 Å². The minimum absolute atomic E-state index is 0.0521. The lowest BCUT2D eigenvalue weighted by Crippen LogP contribution is -2.35. The highest BCUT2D eigenvalue weighted by molar-refractivity contribution is 5.95. The summed E-state index contributed by atoms with van der Waals surface area (Å²) < 4.78 is 39.1. The Bertz CT molecular complexity index is 1480. The molecule has 2 amide bonds. The predicted molar refractivity (Wildman–Crippen MR) is 148 cm³/mol. The number of nitrogens with zero attached hydrogens (tertiary/aromatic N) is 6. The van der Waals surface area contributed by atoms with Gasteiger partial charge in [-0.2, -0.15) is 18.2 Å². The number of halogens is 3. The van der Waals surface area contributed by atoms with Crippen LogP contribution >= 0.6 is 0 Å². The van der Waals surface area contributed by atoms with Crippen molar-refractivity contribution in [1.29, 1.82) is 0 Å². The summed E-state index contributed by atoms with van der Waals surface area (Å²) in [6.45, 7) is 3.29. The fraction of sp³-hybridized carbons (Fsp3) is 0.448. The fourth-order valence-corrected chi connectivity index (χ4v) is 6.10. The normalized spacial score (nSPS) is 21.3. The van der Waals surface area contributed by atoms with Crippen LogP contribution in [0.1, 0.15) is 41.6 Å². The van der Waals surface area contributed by atoms with Gasteiger partial charge in [0, 0.05) is 61.7 Å². The van der Waals surface area contributed by atoms with E-state index in [1.54, 1.807) is 10.7 Å². The molecule has 6 rings (SSSR count). The van der Waals surface area contributed by atoms with E-state index in [2.05, 4.69) is 27.3 Å². The zero-order valence-corrected chi connectivity index (χ0v) is 22.8. The van der Waals surface area contributed by atoms with Crippen LogP contribution in [0.4, 0.5) is 24.8 Å². The lowest BCUT2D eigenvalue weighted by molar-refractivity contribution is -0.148. The van der Waals surface area contributed by atoms with Gasteiger partial charge >= 0.3 is 6.18 Å². The highest BCUT2D eigenvalue weighted by atomic mass is 19.4. The molecular weight excluding hydrogens is 535 g/mol. The topological polar surface area (TPSA) is 86.1 Å². The second kappa shape index (κ2) is 10.8. The number of amides is 2. The predicted octanol–water partition coefficient (Wildman–Crippen LogP) is 4.21.